The Hall–Kier alpha value is -2.78. The van der Waals surface area contributed by atoms with Crippen molar-refractivity contribution >= 4 is 5.69 Å². The molecule has 0 bridgehead atoms. The van der Waals surface area contributed by atoms with Crippen LogP contribution in [-0.2, 0) is 11.3 Å². The maximum Gasteiger partial charge on any atom is 0.121 e. The van der Waals surface area contributed by atoms with Gasteiger partial charge in [0.2, 0.25) is 0 Å². The molecule has 4 rings (SSSR count). The van der Waals surface area contributed by atoms with E-state index in [4.69, 9.17) is 9.47 Å². The van der Waals surface area contributed by atoms with Gasteiger partial charge in [0.15, 0.2) is 0 Å². The van der Waals surface area contributed by atoms with Crippen LogP contribution in [0.25, 0.3) is 11.1 Å². The molecular formula is C24H25NO2. The molecule has 0 radical (unpaired) electrons. The van der Waals surface area contributed by atoms with Crippen molar-refractivity contribution in [2.75, 3.05) is 18.5 Å². The molecule has 1 unspecified atom stereocenters. The second kappa shape index (κ2) is 8.74. The molecule has 27 heavy (non-hydrogen) atoms. The lowest BCUT2D eigenvalue weighted by atomic mass is 10.0. The molecule has 1 N–H and O–H groups in total. The van der Waals surface area contributed by atoms with E-state index in [1.807, 2.05) is 24.3 Å². The Morgan fingerprint density at radius 2 is 1.70 bits per heavy atom. The average molecular weight is 359 g/mol. The number of ether oxygens (including phenoxy) is 2. The molecule has 0 saturated carbocycles. The van der Waals surface area contributed by atoms with E-state index in [0.29, 0.717) is 6.61 Å². The monoisotopic (exact) mass is 359 g/mol. The SMILES string of the molecule is c1ccc(-c2ccc(CNc3cccc(OCC4CCCO4)c3)cc2)cc1. The van der Waals surface area contributed by atoms with Gasteiger partial charge in [-0.15, -0.1) is 0 Å². The summed E-state index contributed by atoms with van der Waals surface area (Å²) < 4.78 is 11.5. The van der Waals surface area contributed by atoms with Crippen LogP contribution in [0.1, 0.15) is 18.4 Å². The normalized spacial score (nSPS) is 16.2. The fourth-order valence-corrected chi connectivity index (χ4v) is 3.31. The Morgan fingerprint density at radius 3 is 2.48 bits per heavy atom. The van der Waals surface area contributed by atoms with Crippen molar-refractivity contribution in [3.05, 3.63) is 84.4 Å². The van der Waals surface area contributed by atoms with Gasteiger partial charge in [0.1, 0.15) is 12.4 Å². The Morgan fingerprint density at radius 1 is 0.889 bits per heavy atom. The molecule has 0 aromatic heterocycles. The zero-order valence-electron chi connectivity index (χ0n) is 15.4. The van der Waals surface area contributed by atoms with Gasteiger partial charge in [-0.1, -0.05) is 60.7 Å². The summed E-state index contributed by atoms with van der Waals surface area (Å²) in [5.74, 6) is 0.884. The van der Waals surface area contributed by atoms with E-state index in [-0.39, 0.29) is 6.10 Å². The number of nitrogens with one attached hydrogen (secondary N) is 1. The first-order valence-electron chi connectivity index (χ1n) is 9.59. The molecule has 1 saturated heterocycles. The lowest BCUT2D eigenvalue weighted by Gasteiger charge is -2.13. The summed E-state index contributed by atoms with van der Waals surface area (Å²) in [4.78, 5) is 0. The Bertz CT molecular complexity index is 840. The minimum atomic E-state index is 0.241. The molecule has 3 aromatic carbocycles. The minimum absolute atomic E-state index is 0.241. The molecule has 3 heteroatoms. The van der Waals surface area contributed by atoms with Crippen LogP contribution >= 0.6 is 0 Å². The van der Waals surface area contributed by atoms with E-state index in [0.717, 1.165) is 37.4 Å². The van der Waals surface area contributed by atoms with Crippen molar-refractivity contribution < 1.29 is 9.47 Å². The number of hydrogen-bond acceptors (Lipinski definition) is 3. The highest BCUT2D eigenvalue weighted by Crippen LogP contribution is 2.22. The van der Waals surface area contributed by atoms with Gasteiger partial charge < -0.3 is 14.8 Å². The summed E-state index contributed by atoms with van der Waals surface area (Å²) >= 11 is 0. The quantitative estimate of drug-likeness (QED) is 0.602. The summed E-state index contributed by atoms with van der Waals surface area (Å²) in [6, 6.07) is 27.3. The molecule has 1 atom stereocenters. The van der Waals surface area contributed by atoms with Gasteiger partial charge in [-0.2, -0.15) is 0 Å². The zero-order valence-corrected chi connectivity index (χ0v) is 15.4. The number of benzene rings is 3. The third-order valence-electron chi connectivity index (χ3n) is 4.85. The van der Waals surface area contributed by atoms with Gasteiger partial charge in [-0.3, -0.25) is 0 Å². The topological polar surface area (TPSA) is 30.5 Å². The van der Waals surface area contributed by atoms with Crippen molar-refractivity contribution in [2.24, 2.45) is 0 Å². The Balaban J connectivity index is 1.32. The fraction of sp³-hybridized carbons (Fsp3) is 0.250. The van der Waals surface area contributed by atoms with E-state index in [1.54, 1.807) is 0 Å². The van der Waals surface area contributed by atoms with E-state index in [2.05, 4.69) is 59.9 Å². The zero-order chi connectivity index (χ0) is 18.3. The number of anilines is 1. The van der Waals surface area contributed by atoms with Crippen molar-refractivity contribution in [3.63, 3.8) is 0 Å². The van der Waals surface area contributed by atoms with Crippen LogP contribution in [0.15, 0.2) is 78.9 Å². The third-order valence-corrected chi connectivity index (χ3v) is 4.85. The van der Waals surface area contributed by atoms with Crippen molar-refractivity contribution in [1.82, 2.24) is 0 Å². The summed E-state index contributed by atoms with van der Waals surface area (Å²) in [7, 11) is 0. The van der Waals surface area contributed by atoms with Gasteiger partial charge in [0.25, 0.3) is 0 Å². The summed E-state index contributed by atoms with van der Waals surface area (Å²) in [6.07, 6.45) is 2.47. The molecule has 3 aromatic rings. The molecule has 3 nitrogen and oxygen atoms in total. The van der Waals surface area contributed by atoms with Gasteiger partial charge in [0, 0.05) is 24.9 Å². The largest absolute Gasteiger partial charge is 0.491 e. The van der Waals surface area contributed by atoms with E-state index < -0.39 is 0 Å². The highest BCUT2D eigenvalue weighted by molar-refractivity contribution is 5.63. The number of rotatable bonds is 7. The molecule has 0 amide bonds. The second-order valence-corrected chi connectivity index (χ2v) is 6.89. The lowest BCUT2D eigenvalue weighted by Crippen LogP contribution is -2.16. The average Bonchev–Trinajstić information content (AvgIpc) is 3.26. The first-order valence-corrected chi connectivity index (χ1v) is 9.59. The van der Waals surface area contributed by atoms with Crippen LogP contribution in [0.3, 0.4) is 0 Å². The Kier molecular flexibility index (Phi) is 5.70. The van der Waals surface area contributed by atoms with Crippen molar-refractivity contribution in [1.29, 1.82) is 0 Å². The predicted octanol–water partition coefficient (Wildman–Crippen LogP) is 5.52. The third kappa shape index (κ3) is 4.89. The summed E-state index contributed by atoms with van der Waals surface area (Å²) in [5.41, 5.74) is 4.80. The van der Waals surface area contributed by atoms with Crippen LogP contribution in [0.5, 0.6) is 5.75 Å². The highest BCUT2D eigenvalue weighted by Gasteiger charge is 2.15. The fourth-order valence-electron chi connectivity index (χ4n) is 3.31. The van der Waals surface area contributed by atoms with Crippen molar-refractivity contribution in [3.8, 4) is 16.9 Å². The van der Waals surface area contributed by atoms with E-state index >= 15 is 0 Å². The second-order valence-electron chi connectivity index (χ2n) is 6.89. The molecule has 1 aliphatic rings. The first-order chi connectivity index (χ1) is 13.4. The van der Waals surface area contributed by atoms with Crippen LogP contribution < -0.4 is 10.1 Å². The van der Waals surface area contributed by atoms with E-state index in [1.165, 1.54) is 16.7 Å². The van der Waals surface area contributed by atoms with E-state index in [9.17, 15) is 0 Å². The molecular weight excluding hydrogens is 334 g/mol. The Labute approximate surface area is 161 Å². The molecule has 1 aliphatic heterocycles. The molecule has 1 heterocycles. The standard InChI is InChI=1S/C24H25NO2/c1-2-6-20(7-3-1)21-13-11-19(12-14-21)17-25-22-8-4-9-23(16-22)27-18-24-10-5-15-26-24/h1-4,6-9,11-14,16,24-25H,5,10,15,17-18H2. The molecule has 1 fully saturated rings. The highest BCUT2D eigenvalue weighted by atomic mass is 16.5. The molecule has 0 spiro atoms. The molecule has 0 aliphatic carbocycles. The van der Waals surface area contributed by atoms with Gasteiger partial charge in [-0.05, 0) is 41.7 Å². The summed E-state index contributed by atoms with van der Waals surface area (Å²) in [5, 5.41) is 3.48. The van der Waals surface area contributed by atoms with Crippen molar-refractivity contribution in [2.45, 2.75) is 25.5 Å². The summed E-state index contributed by atoms with van der Waals surface area (Å²) in [6.45, 7) is 2.27. The minimum Gasteiger partial charge on any atom is -0.491 e. The predicted molar refractivity (Wildman–Crippen MR) is 110 cm³/mol. The van der Waals surface area contributed by atoms with Crippen LogP contribution in [-0.4, -0.2) is 19.3 Å². The van der Waals surface area contributed by atoms with Gasteiger partial charge >= 0.3 is 0 Å². The van der Waals surface area contributed by atoms with Gasteiger partial charge in [0.05, 0.1) is 6.10 Å². The lowest BCUT2D eigenvalue weighted by molar-refractivity contribution is 0.0680. The smallest absolute Gasteiger partial charge is 0.121 e. The number of hydrogen-bond donors (Lipinski definition) is 1. The van der Waals surface area contributed by atoms with Crippen LogP contribution in [0.2, 0.25) is 0 Å². The van der Waals surface area contributed by atoms with Crippen LogP contribution in [0, 0.1) is 0 Å². The maximum absolute atomic E-state index is 5.88. The van der Waals surface area contributed by atoms with Gasteiger partial charge in [-0.25, -0.2) is 0 Å². The van der Waals surface area contributed by atoms with Crippen LogP contribution in [0.4, 0.5) is 5.69 Å². The first kappa shape index (κ1) is 17.6. The maximum atomic E-state index is 5.88. The molecule has 138 valence electrons.